The van der Waals surface area contributed by atoms with Gasteiger partial charge in [-0.25, -0.2) is 4.79 Å². The number of hydrogen-bond acceptors (Lipinski definition) is 6. The zero-order chi connectivity index (χ0) is 19.0. The number of fused-ring (bicyclic) bond motifs is 1. The van der Waals surface area contributed by atoms with Gasteiger partial charge in [0, 0.05) is 11.4 Å². The van der Waals surface area contributed by atoms with Crippen LogP contribution in [0.15, 0.2) is 39.2 Å². The molecule has 9 heteroatoms. The number of carbonyl (C=O) groups excluding carboxylic acids is 1. The quantitative estimate of drug-likeness (QED) is 0.699. The molecule has 1 aliphatic carbocycles. The average Bonchev–Trinajstić information content (AvgIpc) is 3.35. The molecule has 0 radical (unpaired) electrons. The Labute approximate surface area is 158 Å². The number of carbonyl (C=O) groups is 1. The second-order valence-electron chi connectivity index (χ2n) is 6.30. The van der Waals surface area contributed by atoms with Crippen molar-refractivity contribution in [2.45, 2.75) is 32.4 Å². The lowest BCUT2D eigenvalue weighted by atomic mass is 10.3. The Morgan fingerprint density at radius 2 is 2.11 bits per heavy atom. The summed E-state index contributed by atoms with van der Waals surface area (Å²) >= 11 is 1.10. The summed E-state index contributed by atoms with van der Waals surface area (Å²) in [4.78, 5) is 38.0. The third kappa shape index (κ3) is 3.25. The first-order valence-electron chi connectivity index (χ1n) is 8.71. The van der Waals surface area contributed by atoms with E-state index < -0.39 is 5.69 Å². The topological polar surface area (TPSA) is 95.2 Å². The summed E-state index contributed by atoms with van der Waals surface area (Å²) in [5.41, 5.74) is 0.308. The van der Waals surface area contributed by atoms with Gasteiger partial charge in [0.2, 0.25) is 5.91 Å². The summed E-state index contributed by atoms with van der Waals surface area (Å²) in [6, 6.07) is 7.01. The molecule has 0 spiro atoms. The number of nitrogens with one attached hydrogen (secondary N) is 1. The molecule has 1 fully saturated rings. The van der Waals surface area contributed by atoms with Gasteiger partial charge in [-0.05, 0) is 43.4 Å². The highest BCUT2D eigenvalue weighted by atomic mass is 32.1. The first kappa shape index (κ1) is 17.5. The molecule has 0 bridgehead atoms. The van der Waals surface area contributed by atoms with Crippen LogP contribution >= 0.6 is 11.5 Å². The first-order valence-corrected chi connectivity index (χ1v) is 9.55. The lowest BCUT2D eigenvalue weighted by molar-refractivity contribution is -0.116. The molecule has 1 saturated carbocycles. The largest absolute Gasteiger partial charge is 0.492 e. The van der Waals surface area contributed by atoms with Crippen molar-refractivity contribution < 1.29 is 9.53 Å². The Kier molecular flexibility index (Phi) is 4.53. The maximum Gasteiger partial charge on any atom is 0.332 e. The zero-order valence-corrected chi connectivity index (χ0v) is 15.5. The van der Waals surface area contributed by atoms with Crippen LogP contribution in [-0.4, -0.2) is 26.0 Å². The van der Waals surface area contributed by atoms with Gasteiger partial charge in [-0.1, -0.05) is 12.1 Å². The van der Waals surface area contributed by atoms with Gasteiger partial charge in [0.1, 0.15) is 12.3 Å². The molecule has 0 saturated heterocycles. The summed E-state index contributed by atoms with van der Waals surface area (Å²) in [6.07, 6.45) is 1.58. The van der Waals surface area contributed by atoms with E-state index >= 15 is 0 Å². The van der Waals surface area contributed by atoms with Gasteiger partial charge in [-0.2, -0.15) is 4.37 Å². The molecule has 1 N–H and O–H groups in total. The van der Waals surface area contributed by atoms with E-state index in [4.69, 9.17) is 4.74 Å². The van der Waals surface area contributed by atoms with E-state index in [-0.39, 0.29) is 29.6 Å². The van der Waals surface area contributed by atoms with Crippen LogP contribution in [0.4, 0.5) is 5.69 Å². The molecule has 0 unspecified atom stereocenters. The number of aromatic nitrogens is 3. The summed E-state index contributed by atoms with van der Waals surface area (Å²) < 4.78 is 12.2. The molecule has 27 heavy (non-hydrogen) atoms. The van der Waals surface area contributed by atoms with Crippen molar-refractivity contribution in [3.63, 3.8) is 0 Å². The average molecular weight is 386 g/mol. The van der Waals surface area contributed by atoms with E-state index in [1.165, 1.54) is 9.13 Å². The number of ether oxygens (including phenoxy) is 1. The molecule has 1 aliphatic rings. The molecule has 3 aromatic rings. The number of amides is 1. The lowest BCUT2D eigenvalue weighted by Crippen LogP contribution is -2.41. The minimum absolute atomic E-state index is 0.0934. The molecule has 0 aliphatic heterocycles. The van der Waals surface area contributed by atoms with Crippen molar-refractivity contribution in [3.05, 3.63) is 50.5 Å². The molecule has 1 amide bonds. The predicted molar refractivity (Wildman–Crippen MR) is 103 cm³/mol. The highest BCUT2D eigenvalue weighted by Gasteiger charge is 2.29. The molecule has 0 atom stereocenters. The van der Waals surface area contributed by atoms with Gasteiger partial charge in [-0.3, -0.25) is 18.7 Å². The standard InChI is InChI=1S/C18H18N4O4S/c1-2-26-14-6-4-3-5-12(14)19-15(23)9-21-13-10-27-20-16(13)17(24)22(18(21)25)11-7-8-11/h3-6,10-11H,2,7-9H2,1H3,(H,19,23). The fourth-order valence-corrected chi connectivity index (χ4v) is 3.67. The Bertz CT molecular complexity index is 1130. The van der Waals surface area contributed by atoms with Gasteiger partial charge in [-0.15, -0.1) is 0 Å². The van der Waals surface area contributed by atoms with Crippen LogP contribution in [0.1, 0.15) is 25.8 Å². The van der Waals surface area contributed by atoms with E-state index in [9.17, 15) is 14.4 Å². The Morgan fingerprint density at radius 1 is 1.33 bits per heavy atom. The monoisotopic (exact) mass is 386 g/mol. The third-order valence-corrected chi connectivity index (χ3v) is 4.99. The van der Waals surface area contributed by atoms with Gasteiger partial charge >= 0.3 is 5.69 Å². The van der Waals surface area contributed by atoms with Crippen LogP contribution in [0.2, 0.25) is 0 Å². The van der Waals surface area contributed by atoms with Crippen LogP contribution < -0.4 is 21.3 Å². The van der Waals surface area contributed by atoms with E-state index in [1.54, 1.807) is 23.6 Å². The zero-order valence-electron chi connectivity index (χ0n) is 14.7. The summed E-state index contributed by atoms with van der Waals surface area (Å²) in [5.74, 6) is 0.184. The SMILES string of the molecule is CCOc1ccccc1NC(=O)Cn1c(=O)n(C2CC2)c(=O)c2nscc21. The van der Waals surface area contributed by atoms with Crippen molar-refractivity contribution in [2.24, 2.45) is 0 Å². The van der Waals surface area contributed by atoms with Crippen molar-refractivity contribution >= 4 is 34.2 Å². The predicted octanol–water partition coefficient (Wildman–Crippen LogP) is 1.99. The Morgan fingerprint density at radius 3 is 2.85 bits per heavy atom. The molecule has 2 heterocycles. The van der Waals surface area contributed by atoms with Gasteiger partial charge in [0.25, 0.3) is 5.56 Å². The number of nitrogens with zero attached hydrogens (tertiary/aromatic N) is 3. The van der Waals surface area contributed by atoms with Crippen LogP contribution in [0, 0.1) is 0 Å². The highest BCUT2D eigenvalue weighted by molar-refractivity contribution is 7.04. The fourth-order valence-electron chi connectivity index (χ4n) is 3.00. The minimum atomic E-state index is -0.469. The smallest absolute Gasteiger partial charge is 0.332 e. The Balaban J connectivity index is 1.68. The molecular formula is C18H18N4O4S. The van der Waals surface area contributed by atoms with Gasteiger partial charge in [0.05, 0.1) is 17.8 Å². The van der Waals surface area contributed by atoms with Crippen molar-refractivity contribution in [1.29, 1.82) is 0 Å². The maximum atomic E-state index is 12.8. The van der Waals surface area contributed by atoms with Crippen LogP contribution in [-0.2, 0) is 11.3 Å². The molecule has 8 nitrogen and oxygen atoms in total. The summed E-state index contributed by atoms with van der Waals surface area (Å²) in [7, 11) is 0. The summed E-state index contributed by atoms with van der Waals surface area (Å²) in [6.45, 7) is 2.13. The number of rotatable bonds is 6. The second kappa shape index (κ2) is 6.99. The van der Waals surface area contributed by atoms with Crippen LogP contribution in [0.5, 0.6) is 5.75 Å². The third-order valence-electron chi connectivity index (χ3n) is 4.37. The fraction of sp³-hybridized carbons (Fsp3) is 0.333. The Hall–Kier alpha value is -2.94. The van der Waals surface area contributed by atoms with E-state index in [0.29, 0.717) is 23.6 Å². The molecule has 4 rings (SSSR count). The van der Waals surface area contributed by atoms with E-state index in [1.807, 2.05) is 13.0 Å². The van der Waals surface area contributed by atoms with Gasteiger partial charge < -0.3 is 10.1 Å². The second-order valence-corrected chi connectivity index (χ2v) is 6.93. The highest BCUT2D eigenvalue weighted by Crippen LogP contribution is 2.32. The summed E-state index contributed by atoms with van der Waals surface area (Å²) in [5, 5.41) is 4.40. The molecule has 2 aromatic heterocycles. The van der Waals surface area contributed by atoms with Crippen molar-refractivity contribution in [3.8, 4) is 5.75 Å². The van der Waals surface area contributed by atoms with Crippen LogP contribution in [0.3, 0.4) is 0 Å². The van der Waals surface area contributed by atoms with E-state index in [2.05, 4.69) is 9.69 Å². The van der Waals surface area contributed by atoms with Crippen LogP contribution in [0.25, 0.3) is 11.0 Å². The lowest BCUT2D eigenvalue weighted by Gasteiger charge is -2.13. The number of para-hydroxylation sites is 2. The minimum Gasteiger partial charge on any atom is -0.492 e. The normalized spacial score (nSPS) is 13.7. The first-order chi connectivity index (χ1) is 13.1. The van der Waals surface area contributed by atoms with Crippen molar-refractivity contribution in [1.82, 2.24) is 13.5 Å². The maximum absolute atomic E-state index is 12.8. The van der Waals surface area contributed by atoms with E-state index in [0.717, 1.165) is 24.4 Å². The number of benzene rings is 1. The number of anilines is 1. The van der Waals surface area contributed by atoms with Crippen molar-refractivity contribution in [2.75, 3.05) is 11.9 Å². The molecule has 140 valence electrons. The molecular weight excluding hydrogens is 368 g/mol. The van der Waals surface area contributed by atoms with Gasteiger partial charge in [0.15, 0.2) is 5.52 Å². The molecule has 1 aromatic carbocycles. The number of hydrogen-bond donors (Lipinski definition) is 1.